The van der Waals surface area contributed by atoms with Gasteiger partial charge in [-0.25, -0.2) is 12.7 Å². The first-order chi connectivity index (χ1) is 14.3. The van der Waals surface area contributed by atoms with E-state index < -0.39 is 10.0 Å². The highest BCUT2D eigenvalue weighted by molar-refractivity contribution is 7.89. The molecule has 0 saturated heterocycles. The second kappa shape index (κ2) is 9.27. The van der Waals surface area contributed by atoms with Crippen molar-refractivity contribution in [1.82, 2.24) is 14.4 Å². The highest BCUT2D eigenvalue weighted by Crippen LogP contribution is 2.19. The predicted molar refractivity (Wildman–Crippen MR) is 111 cm³/mol. The number of sulfonamides is 1. The lowest BCUT2D eigenvalue weighted by Crippen LogP contribution is -2.29. The van der Waals surface area contributed by atoms with Crippen molar-refractivity contribution in [2.45, 2.75) is 31.8 Å². The third-order valence-corrected chi connectivity index (χ3v) is 6.62. The molecule has 0 bridgehead atoms. The average molecular weight is 432 g/mol. The number of nitrogens with zero attached hydrogens (tertiary/aromatic N) is 3. The number of rotatable bonds is 9. The van der Waals surface area contributed by atoms with Crippen molar-refractivity contribution in [3.8, 4) is 11.5 Å². The van der Waals surface area contributed by atoms with Crippen LogP contribution in [-0.4, -0.2) is 43.6 Å². The second-order valence-electron chi connectivity index (χ2n) is 6.89. The lowest BCUT2D eigenvalue weighted by molar-refractivity contribution is 0.242. The molecular formula is C21H25N3O5S. The molecule has 0 unspecified atom stereocenters. The van der Waals surface area contributed by atoms with Gasteiger partial charge in [0.2, 0.25) is 10.0 Å². The highest BCUT2D eigenvalue weighted by Gasteiger charge is 2.21. The molecule has 0 spiro atoms. The Labute approximate surface area is 176 Å². The molecule has 0 aliphatic heterocycles. The van der Waals surface area contributed by atoms with E-state index >= 15 is 0 Å². The minimum absolute atomic E-state index is 0.121. The summed E-state index contributed by atoms with van der Waals surface area (Å²) in [5, 5.41) is 3.90. The fourth-order valence-corrected chi connectivity index (χ4v) is 3.96. The summed E-state index contributed by atoms with van der Waals surface area (Å²) in [5.41, 5.74) is 1.98. The molecule has 2 aromatic carbocycles. The van der Waals surface area contributed by atoms with Gasteiger partial charge < -0.3 is 14.0 Å². The van der Waals surface area contributed by atoms with Gasteiger partial charge in [-0.05, 0) is 61.4 Å². The van der Waals surface area contributed by atoms with Crippen molar-refractivity contribution in [2.24, 2.45) is 0 Å². The molecule has 30 heavy (non-hydrogen) atoms. The predicted octanol–water partition coefficient (Wildman–Crippen LogP) is 3.14. The van der Waals surface area contributed by atoms with E-state index in [9.17, 15) is 8.42 Å². The van der Waals surface area contributed by atoms with Gasteiger partial charge in [-0.2, -0.15) is 4.98 Å². The number of benzene rings is 2. The van der Waals surface area contributed by atoms with E-state index in [1.54, 1.807) is 43.5 Å². The number of aryl methyl sites for hydroxylation is 2. The zero-order valence-corrected chi connectivity index (χ0v) is 18.3. The maximum Gasteiger partial charge on any atom is 0.264 e. The van der Waals surface area contributed by atoms with Crippen LogP contribution in [0.2, 0.25) is 0 Å². The molecule has 0 radical (unpaired) electrons. The number of hydrogen-bond acceptors (Lipinski definition) is 7. The van der Waals surface area contributed by atoms with Crippen LogP contribution >= 0.6 is 0 Å². The van der Waals surface area contributed by atoms with Gasteiger partial charge in [-0.3, -0.25) is 0 Å². The van der Waals surface area contributed by atoms with Crippen molar-refractivity contribution >= 4 is 10.0 Å². The van der Waals surface area contributed by atoms with Gasteiger partial charge in [-0.15, -0.1) is 0 Å². The summed E-state index contributed by atoms with van der Waals surface area (Å²) in [6.45, 7) is 4.19. The normalized spacial score (nSPS) is 11.6. The third kappa shape index (κ3) is 5.17. The maximum absolute atomic E-state index is 12.8. The Balaban J connectivity index is 1.55. The summed E-state index contributed by atoms with van der Waals surface area (Å²) in [6, 6.07) is 12.3. The maximum atomic E-state index is 12.8. The Kier molecular flexibility index (Phi) is 6.73. The second-order valence-corrected chi connectivity index (χ2v) is 8.94. The SMILES string of the molecule is COc1ccc(OCc2nc(CCN(C)S(=O)(=O)c3ccc(C)c(C)c3)no2)cc1. The van der Waals surface area contributed by atoms with Crippen molar-refractivity contribution in [3.63, 3.8) is 0 Å². The Morgan fingerprint density at radius 1 is 1.03 bits per heavy atom. The first-order valence-electron chi connectivity index (χ1n) is 9.41. The molecule has 3 rings (SSSR count). The Hall–Kier alpha value is -2.91. The molecule has 0 aliphatic carbocycles. The number of likely N-dealkylation sites (N-methyl/N-ethyl adjacent to an activating group) is 1. The number of aromatic nitrogens is 2. The molecule has 0 fully saturated rings. The monoisotopic (exact) mass is 431 g/mol. The Bertz CT molecular complexity index is 1090. The van der Waals surface area contributed by atoms with E-state index in [1.165, 1.54) is 11.4 Å². The van der Waals surface area contributed by atoms with Crippen LogP contribution in [0, 0.1) is 13.8 Å². The van der Waals surface area contributed by atoms with Gasteiger partial charge in [0.25, 0.3) is 5.89 Å². The van der Waals surface area contributed by atoms with Gasteiger partial charge in [0.1, 0.15) is 11.5 Å². The zero-order valence-electron chi connectivity index (χ0n) is 17.5. The van der Waals surface area contributed by atoms with Crippen LogP contribution in [0.3, 0.4) is 0 Å². The fourth-order valence-electron chi connectivity index (χ4n) is 2.70. The standard InChI is InChI=1S/C21H25N3O5S/c1-15-5-10-19(13-16(15)2)30(25,26)24(3)12-11-20-22-21(29-23-20)14-28-18-8-6-17(27-4)7-9-18/h5-10,13H,11-12,14H2,1-4H3. The van der Waals surface area contributed by atoms with E-state index in [0.29, 0.717) is 23.9 Å². The van der Waals surface area contributed by atoms with E-state index in [0.717, 1.165) is 16.9 Å². The molecule has 8 nitrogen and oxygen atoms in total. The topological polar surface area (TPSA) is 94.8 Å². The summed E-state index contributed by atoms with van der Waals surface area (Å²) in [5.74, 6) is 2.13. The molecule has 160 valence electrons. The highest BCUT2D eigenvalue weighted by atomic mass is 32.2. The van der Waals surface area contributed by atoms with Crippen LogP contribution < -0.4 is 9.47 Å². The molecular weight excluding hydrogens is 406 g/mol. The van der Waals surface area contributed by atoms with Crippen molar-refractivity contribution in [2.75, 3.05) is 20.7 Å². The number of methoxy groups -OCH3 is 1. The van der Waals surface area contributed by atoms with Gasteiger partial charge in [-0.1, -0.05) is 11.2 Å². The molecule has 1 aromatic heterocycles. The van der Waals surface area contributed by atoms with Gasteiger partial charge in [0, 0.05) is 20.0 Å². The summed E-state index contributed by atoms with van der Waals surface area (Å²) >= 11 is 0. The van der Waals surface area contributed by atoms with Crippen molar-refractivity contribution in [1.29, 1.82) is 0 Å². The van der Waals surface area contributed by atoms with E-state index in [4.69, 9.17) is 14.0 Å². The molecule has 0 amide bonds. The summed E-state index contributed by atoms with van der Waals surface area (Å²) in [6.07, 6.45) is 0.326. The van der Waals surface area contributed by atoms with Gasteiger partial charge in [0.15, 0.2) is 12.4 Å². The number of ether oxygens (including phenoxy) is 2. The minimum Gasteiger partial charge on any atom is -0.497 e. The van der Waals surface area contributed by atoms with Crippen LogP contribution in [-0.2, 0) is 23.1 Å². The Morgan fingerprint density at radius 3 is 2.40 bits per heavy atom. The summed E-state index contributed by atoms with van der Waals surface area (Å²) < 4.78 is 42.7. The van der Waals surface area contributed by atoms with E-state index in [2.05, 4.69) is 10.1 Å². The molecule has 9 heteroatoms. The van der Waals surface area contributed by atoms with Crippen molar-refractivity contribution < 1.29 is 22.4 Å². The third-order valence-electron chi connectivity index (χ3n) is 4.77. The molecule has 3 aromatic rings. The first kappa shape index (κ1) is 21.8. The molecule has 0 N–H and O–H groups in total. The minimum atomic E-state index is -3.58. The van der Waals surface area contributed by atoms with Crippen LogP contribution in [0.5, 0.6) is 11.5 Å². The van der Waals surface area contributed by atoms with Crippen LogP contribution in [0.1, 0.15) is 22.8 Å². The quantitative estimate of drug-likeness (QED) is 0.514. The van der Waals surface area contributed by atoms with Gasteiger partial charge >= 0.3 is 0 Å². The summed E-state index contributed by atoms with van der Waals surface area (Å²) in [7, 11) is -0.444. The van der Waals surface area contributed by atoms with E-state index in [-0.39, 0.29) is 18.0 Å². The molecule has 0 saturated carbocycles. The molecule has 1 heterocycles. The van der Waals surface area contributed by atoms with Crippen molar-refractivity contribution in [3.05, 3.63) is 65.3 Å². The zero-order chi connectivity index (χ0) is 21.7. The number of hydrogen-bond donors (Lipinski definition) is 0. The first-order valence-corrected chi connectivity index (χ1v) is 10.9. The largest absolute Gasteiger partial charge is 0.497 e. The van der Waals surface area contributed by atoms with Crippen LogP contribution in [0.15, 0.2) is 51.9 Å². The lowest BCUT2D eigenvalue weighted by atomic mass is 10.1. The van der Waals surface area contributed by atoms with E-state index in [1.807, 2.05) is 19.9 Å². The molecule has 0 aliphatic rings. The lowest BCUT2D eigenvalue weighted by Gasteiger charge is -2.17. The fraction of sp³-hybridized carbons (Fsp3) is 0.333. The smallest absolute Gasteiger partial charge is 0.264 e. The van der Waals surface area contributed by atoms with Gasteiger partial charge in [0.05, 0.1) is 12.0 Å². The average Bonchev–Trinajstić information content (AvgIpc) is 3.20. The van der Waals surface area contributed by atoms with Crippen LogP contribution in [0.4, 0.5) is 0 Å². The summed E-state index contributed by atoms with van der Waals surface area (Å²) in [4.78, 5) is 4.54. The molecule has 0 atom stereocenters. The Morgan fingerprint density at radius 2 is 1.73 bits per heavy atom. The van der Waals surface area contributed by atoms with Crippen LogP contribution in [0.25, 0.3) is 0 Å².